The molecule has 1 fully saturated rings. The number of piperidine rings is 1. The van der Waals surface area contributed by atoms with E-state index in [4.69, 9.17) is 4.74 Å². The van der Waals surface area contributed by atoms with Crippen molar-refractivity contribution >= 4 is 23.8 Å². The summed E-state index contributed by atoms with van der Waals surface area (Å²) >= 11 is 0. The number of amides is 3. The smallest absolute Gasteiger partial charge is 0.261 e. The Morgan fingerprint density at radius 3 is 2.32 bits per heavy atom. The fourth-order valence-electron chi connectivity index (χ4n) is 5.48. The summed E-state index contributed by atoms with van der Waals surface area (Å²) < 4.78 is 6.49. The fourth-order valence-corrected chi connectivity index (χ4v) is 5.48. The SMILES string of the molecule is CC(C)N1C(=O)c2ccc(C(=O)N3CCC4(C=Cc5cc(-c6ccccc6)ccc5O4)CC3)cc2C1=O. The highest BCUT2D eigenvalue weighted by molar-refractivity contribution is 6.22. The summed E-state index contributed by atoms with van der Waals surface area (Å²) in [6.07, 6.45) is 5.62. The summed E-state index contributed by atoms with van der Waals surface area (Å²) in [5, 5.41) is 0. The maximum Gasteiger partial charge on any atom is 0.261 e. The number of hydrogen-bond acceptors (Lipinski definition) is 4. The number of fused-ring (bicyclic) bond motifs is 2. The molecular formula is C31H28N2O4. The molecule has 3 aromatic carbocycles. The molecule has 1 saturated heterocycles. The van der Waals surface area contributed by atoms with Gasteiger partial charge in [0.1, 0.15) is 11.4 Å². The molecule has 3 aliphatic heterocycles. The van der Waals surface area contributed by atoms with Crippen LogP contribution in [-0.4, -0.2) is 52.3 Å². The normalized spacial score (nSPS) is 17.7. The van der Waals surface area contributed by atoms with Crippen LogP contribution in [-0.2, 0) is 0 Å². The highest BCUT2D eigenvalue weighted by Gasteiger charge is 2.40. The quantitative estimate of drug-likeness (QED) is 0.457. The van der Waals surface area contributed by atoms with E-state index in [1.165, 1.54) is 10.5 Å². The second-order valence-electron chi connectivity index (χ2n) is 10.2. The van der Waals surface area contributed by atoms with Crippen LogP contribution in [0.5, 0.6) is 5.75 Å². The fraction of sp³-hybridized carbons (Fsp3) is 0.258. The van der Waals surface area contributed by atoms with Crippen molar-refractivity contribution in [3.05, 3.63) is 95.1 Å². The van der Waals surface area contributed by atoms with E-state index in [-0.39, 0.29) is 23.8 Å². The number of imide groups is 1. The maximum absolute atomic E-state index is 13.3. The Labute approximate surface area is 216 Å². The topological polar surface area (TPSA) is 66.9 Å². The summed E-state index contributed by atoms with van der Waals surface area (Å²) in [7, 11) is 0. The number of carbonyl (C=O) groups is 3. The lowest BCUT2D eigenvalue weighted by atomic mass is 9.87. The minimum absolute atomic E-state index is 0.131. The summed E-state index contributed by atoms with van der Waals surface area (Å²) in [5.74, 6) is 0.0930. The molecule has 0 saturated carbocycles. The molecule has 37 heavy (non-hydrogen) atoms. The Morgan fingerprint density at radius 2 is 1.59 bits per heavy atom. The lowest BCUT2D eigenvalue weighted by molar-refractivity contribution is 0.0329. The van der Waals surface area contributed by atoms with Gasteiger partial charge in [0.2, 0.25) is 0 Å². The molecule has 3 heterocycles. The van der Waals surface area contributed by atoms with Crippen LogP contribution in [0.2, 0.25) is 0 Å². The third-order valence-electron chi connectivity index (χ3n) is 7.58. The van der Waals surface area contributed by atoms with Crippen molar-refractivity contribution in [1.82, 2.24) is 9.80 Å². The molecule has 6 nitrogen and oxygen atoms in total. The van der Waals surface area contributed by atoms with E-state index in [9.17, 15) is 14.4 Å². The first-order valence-corrected chi connectivity index (χ1v) is 12.7. The molecule has 0 unspecified atom stereocenters. The van der Waals surface area contributed by atoms with Crippen LogP contribution < -0.4 is 4.74 Å². The van der Waals surface area contributed by atoms with Gasteiger partial charge >= 0.3 is 0 Å². The Kier molecular flexibility index (Phi) is 5.48. The van der Waals surface area contributed by atoms with Crippen LogP contribution in [0.25, 0.3) is 17.2 Å². The largest absolute Gasteiger partial charge is 0.482 e. The van der Waals surface area contributed by atoms with Gasteiger partial charge in [-0.25, -0.2) is 0 Å². The summed E-state index contributed by atoms with van der Waals surface area (Å²) in [6, 6.07) is 21.1. The minimum Gasteiger partial charge on any atom is -0.482 e. The second-order valence-corrected chi connectivity index (χ2v) is 10.2. The van der Waals surface area contributed by atoms with Crippen molar-refractivity contribution in [3.63, 3.8) is 0 Å². The Bertz CT molecular complexity index is 1450. The van der Waals surface area contributed by atoms with Crippen LogP contribution in [0.1, 0.15) is 63.3 Å². The van der Waals surface area contributed by atoms with Crippen LogP contribution in [0.3, 0.4) is 0 Å². The van der Waals surface area contributed by atoms with Crippen molar-refractivity contribution in [3.8, 4) is 16.9 Å². The van der Waals surface area contributed by atoms with E-state index in [2.05, 4.69) is 36.4 Å². The van der Waals surface area contributed by atoms with Gasteiger partial charge in [0.15, 0.2) is 0 Å². The Morgan fingerprint density at radius 1 is 0.865 bits per heavy atom. The summed E-state index contributed by atoms with van der Waals surface area (Å²) in [4.78, 5) is 41.7. The molecule has 6 rings (SSSR count). The molecule has 0 radical (unpaired) electrons. The third-order valence-corrected chi connectivity index (χ3v) is 7.58. The first-order chi connectivity index (χ1) is 17.8. The first-order valence-electron chi connectivity index (χ1n) is 12.7. The molecule has 0 atom stereocenters. The summed E-state index contributed by atoms with van der Waals surface area (Å²) in [6.45, 7) is 4.70. The molecule has 0 aromatic heterocycles. The van der Waals surface area contributed by atoms with Gasteiger partial charge in [0.25, 0.3) is 17.7 Å². The van der Waals surface area contributed by atoms with Crippen molar-refractivity contribution in [2.45, 2.75) is 38.3 Å². The predicted octanol–water partition coefficient (Wildman–Crippen LogP) is 5.44. The van der Waals surface area contributed by atoms with E-state index >= 15 is 0 Å². The van der Waals surface area contributed by atoms with Crippen molar-refractivity contribution in [2.24, 2.45) is 0 Å². The molecule has 3 aromatic rings. The van der Waals surface area contributed by atoms with Crippen LogP contribution >= 0.6 is 0 Å². The number of hydrogen-bond donors (Lipinski definition) is 0. The molecule has 0 aliphatic carbocycles. The zero-order chi connectivity index (χ0) is 25.7. The molecule has 0 N–H and O–H groups in total. The van der Waals surface area contributed by atoms with Gasteiger partial charge in [0, 0.05) is 43.1 Å². The monoisotopic (exact) mass is 492 g/mol. The molecule has 6 heteroatoms. The van der Waals surface area contributed by atoms with E-state index in [0.717, 1.165) is 16.9 Å². The predicted molar refractivity (Wildman–Crippen MR) is 141 cm³/mol. The number of carbonyl (C=O) groups excluding carboxylic acids is 3. The first kappa shape index (κ1) is 23.2. The van der Waals surface area contributed by atoms with Gasteiger partial charge < -0.3 is 9.64 Å². The van der Waals surface area contributed by atoms with Gasteiger partial charge in [0.05, 0.1) is 11.1 Å². The van der Waals surface area contributed by atoms with Crippen LogP contribution in [0, 0.1) is 0 Å². The highest BCUT2D eigenvalue weighted by atomic mass is 16.5. The van der Waals surface area contributed by atoms with Gasteiger partial charge in [-0.15, -0.1) is 0 Å². The van der Waals surface area contributed by atoms with E-state index in [1.807, 2.05) is 24.3 Å². The van der Waals surface area contributed by atoms with Crippen molar-refractivity contribution in [1.29, 1.82) is 0 Å². The van der Waals surface area contributed by atoms with Crippen molar-refractivity contribution < 1.29 is 19.1 Å². The minimum atomic E-state index is -0.434. The van der Waals surface area contributed by atoms with Gasteiger partial charge in [-0.3, -0.25) is 19.3 Å². The third kappa shape index (κ3) is 3.93. The van der Waals surface area contributed by atoms with Crippen molar-refractivity contribution in [2.75, 3.05) is 13.1 Å². The number of likely N-dealkylation sites (tertiary alicyclic amines) is 1. The maximum atomic E-state index is 13.3. The van der Waals surface area contributed by atoms with E-state index in [1.54, 1.807) is 36.9 Å². The van der Waals surface area contributed by atoms with Gasteiger partial charge in [-0.05, 0) is 61.4 Å². The molecule has 3 aliphatic rings. The lowest BCUT2D eigenvalue weighted by Crippen LogP contribution is -2.49. The molecule has 1 spiro atoms. The van der Waals surface area contributed by atoms with E-state index in [0.29, 0.717) is 42.6 Å². The highest BCUT2D eigenvalue weighted by Crippen LogP contribution is 2.39. The summed E-state index contributed by atoms with van der Waals surface area (Å²) in [5.41, 5.74) is 4.04. The standard InChI is InChI=1S/C31H28N2O4/c1-20(2)33-29(35)25-10-8-24(19-26(25)30(33)36)28(34)32-16-14-31(15-17-32)13-12-23-18-22(9-11-27(23)37-31)21-6-4-3-5-7-21/h3-13,18-20H,14-17H2,1-2H3. The second kappa shape index (κ2) is 8.73. The molecule has 0 bridgehead atoms. The molecular weight excluding hydrogens is 464 g/mol. The average Bonchev–Trinajstić information content (AvgIpc) is 3.18. The number of rotatable bonds is 3. The molecule has 3 amide bonds. The number of ether oxygens (including phenoxy) is 1. The molecule has 186 valence electrons. The average molecular weight is 493 g/mol. The number of nitrogens with zero attached hydrogens (tertiary/aromatic N) is 2. The van der Waals surface area contributed by atoms with Crippen LogP contribution in [0.4, 0.5) is 0 Å². The Hall–Kier alpha value is -4.19. The lowest BCUT2D eigenvalue weighted by Gasteiger charge is -2.42. The number of benzene rings is 3. The van der Waals surface area contributed by atoms with Gasteiger partial charge in [-0.2, -0.15) is 0 Å². The zero-order valence-electron chi connectivity index (χ0n) is 20.9. The van der Waals surface area contributed by atoms with Gasteiger partial charge in [-0.1, -0.05) is 42.5 Å². The zero-order valence-corrected chi connectivity index (χ0v) is 20.9. The van der Waals surface area contributed by atoms with Crippen LogP contribution in [0.15, 0.2) is 72.8 Å². The Balaban J connectivity index is 1.15. The van der Waals surface area contributed by atoms with E-state index < -0.39 is 5.60 Å².